The molecule has 0 bridgehead atoms. The second-order valence-corrected chi connectivity index (χ2v) is 2.50. The quantitative estimate of drug-likeness (QED) is 0.636. The molecule has 0 fully saturated rings. The molecule has 0 atom stereocenters. The highest BCUT2D eigenvalue weighted by molar-refractivity contribution is 5.02. The zero-order chi connectivity index (χ0) is 8.97. The lowest BCUT2D eigenvalue weighted by atomic mass is 10.3. The predicted octanol–water partition coefficient (Wildman–Crippen LogP) is 0.465. The van der Waals surface area contributed by atoms with E-state index in [-0.39, 0.29) is 5.56 Å². The lowest BCUT2D eigenvalue weighted by molar-refractivity contribution is 0.586. The van der Waals surface area contributed by atoms with Gasteiger partial charge < -0.3 is 0 Å². The predicted molar refractivity (Wildman–Crippen MR) is 43.5 cm³/mol. The van der Waals surface area contributed by atoms with Crippen LogP contribution in [0.3, 0.4) is 0 Å². The van der Waals surface area contributed by atoms with E-state index in [1.165, 1.54) is 10.7 Å². The summed E-state index contributed by atoms with van der Waals surface area (Å²) in [6.07, 6.45) is 1.93. The van der Waals surface area contributed by atoms with Gasteiger partial charge in [-0.05, 0) is 12.5 Å². The van der Waals surface area contributed by atoms with Crippen molar-refractivity contribution in [3.63, 3.8) is 0 Å². The summed E-state index contributed by atoms with van der Waals surface area (Å²) in [6.45, 7) is 2.18. The molecule has 1 aromatic rings. The molecule has 0 saturated heterocycles. The standard InChI is InChI=1S/C8H9N3O/c1-7-5-8(12)11(10-6-7)4-2-3-9/h5-6H,2,4H2,1H3. The van der Waals surface area contributed by atoms with E-state index < -0.39 is 0 Å². The van der Waals surface area contributed by atoms with Crippen LogP contribution in [0.4, 0.5) is 0 Å². The molecular weight excluding hydrogens is 154 g/mol. The molecule has 4 nitrogen and oxygen atoms in total. The highest BCUT2D eigenvalue weighted by Crippen LogP contribution is 1.87. The number of aromatic nitrogens is 2. The Morgan fingerprint density at radius 2 is 2.50 bits per heavy atom. The van der Waals surface area contributed by atoms with E-state index in [4.69, 9.17) is 5.26 Å². The van der Waals surface area contributed by atoms with Gasteiger partial charge in [-0.15, -0.1) is 0 Å². The maximum absolute atomic E-state index is 11.1. The first-order chi connectivity index (χ1) is 5.74. The van der Waals surface area contributed by atoms with Crippen LogP contribution >= 0.6 is 0 Å². The number of aryl methyl sites for hydroxylation is 2. The molecule has 0 aromatic carbocycles. The molecule has 0 aliphatic rings. The Bertz CT molecular complexity index is 361. The van der Waals surface area contributed by atoms with E-state index in [1.807, 2.05) is 13.0 Å². The molecule has 12 heavy (non-hydrogen) atoms. The van der Waals surface area contributed by atoms with E-state index in [1.54, 1.807) is 6.20 Å². The van der Waals surface area contributed by atoms with Gasteiger partial charge in [0.25, 0.3) is 5.56 Å². The topological polar surface area (TPSA) is 58.7 Å². The van der Waals surface area contributed by atoms with Crippen LogP contribution in [0.2, 0.25) is 0 Å². The van der Waals surface area contributed by atoms with E-state index in [9.17, 15) is 4.79 Å². The molecule has 1 heterocycles. The molecule has 0 spiro atoms. The van der Waals surface area contributed by atoms with Crippen LogP contribution in [-0.4, -0.2) is 9.78 Å². The lowest BCUT2D eigenvalue weighted by Crippen LogP contribution is -2.21. The summed E-state index contributed by atoms with van der Waals surface area (Å²) in [5.41, 5.74) is 0.693. The summed E-state index contributed by atoms with van der Waals surface area (Å²) >= 11 is 0. The number of hydrogen-bond acceptors (Lipinski definition) is 3. The van der Waals surface area contributed by atoms with Crippen molar-refractivity contribution in [1.29, 1.82) is 5.26 Å². The van der Waals surface area contributed by atoms with Crippen molar-refractivity contribution in [2.24, 2.45) is 0 Å². The van der Waals surface area contributed by atoms with Crippen molar-refractivity contribution in [2.45, 2.75) is 19.9 Å². The minimum atomic E-state index is -0.148. The summed E-state index contributed by atoms with van der Waals surface area (Å²) in [5, 5.41) is 12.1. The molecule has 0 aliphatic carbocycles. The van der Waals surface area contributed by atoms with Crippen molar-refractivity contribution in [3.05, 3.63) is 28.2 Å². The van der Waals surface area contributed by atoms with Gasteiger partial charge in [-0.25, -0.2) is 4.68 Å². The van der Waals surface area contributed by atoms with Crippen LogP contribution in [0.5, 0.6) is 0 Å². The normalized spacial score (nSPS) is 9.33. The Morgan fingerprint density at radius 1 is 1.75 bits per heavy atom. The number of hydrogen-bond donors (Lipinski definition) is 0. The van der Waals surface area contributed by atoms with E-state index in [0.717, 1.165) is 5.56 Å². The zero-order valence-corrected chi connectivity index (χ0v) is 6.82. The molecule has 0 aliphatic heterocycles. The molecular formula is C8H9N3O. The van der Waals surface area contributed by atoms with Gasteiger partial charge in [0.1, 0.15) is 0 Å². The van der Waals surface area contributed by atoms with Crippen molar-refractivity contribution < 1.29 is 0 Å². The first-order valence-corrected chi connectivity index (χ1v) is 3.65. The highest BCUT2D eigenvalue weighted by Gasteiger charge is 1.95. The fraction of sp³-hybridized carbons (Fsp3) is 0.375. The molecule has 4 heteroatoms. The smallest absolute Gasteiger partial charge is 0.267 e. The molecule has 0 amide bonds. The van der Waals surface area contributed by atoms with Crippen LogP contribution < -0.4 is 5.56 Å². The fourth-order valence-electron chi connectivity index (χ4n) is 0.848. The van der Waals surface area contributed by atoms with Gasteiger partial charge >= 0.3 is 0 Å². The van der Waals surface area contributed by atoms with E-state index >= 15 is 0 Å². The first-order valence-electron chi connectivity index (χ1n) is 3.65. The average Bonchev–Trinajstić information content (AvgIpc) is 2.03. The minimum Gasteiger partial charge on any atom is -0.268 e. The van der Waals surface area contributed by atoms with Gasteiger partial charge in [-0.2, -0.15) is 10.4 Å². The van der Waals surface area contributed by atoms with Crippen molar-refractivity contribution in [2.75, 3.05) is 0 Å². The van der Waals surface area contributed by atoms with Crippen LogP contribution in [-0.2, 0) is 6.54 Å². The monoisotopic (exact) mass is 163 g/mol. The summed E-state index contributed by atoms with van der Waals surface area (Å²) < 4.78 is 1.29. The summed E-state index contributed by atoms with van der Waals surface area (Å²) in [5.74, 6) is 0. The van der Waals surface area contributed by atoms with E-state index in [0.29, 0.717) is 13.0 Å². The Balaban J connectivity index is 2.89. The van der Waals surface area contributed by atoms with Crippen molar-refractivity contribution in [1.82, 2.24) is 9.78 Å². The lowest BCUT2D eigenvalue weighted by Gasteiger charge is -1.99. The SMILES string of the molecule is Cc1cnn(CCC#N)c(=O)c1. The highest BCUT2D eigenvalue weighted by atomic mass is 16.1. The van der Waals surface area contributed by atoms with Crippen LogP contribution in [0.1, 0.15) is 12.0 Å². The van der Waals surface area contributed by atoms with Gasteiger partial charge in [0.2, 0.25) is 0 Å². The molecule has 62 valence electrons. The number of nitrogens with zero attached hydrogens (tertiary/aromatic N) is 3. The summed E-state index contributed by atoms with van der Waals surface area (Å²) in [7, 11) is 0. The van der Waals surface area contributed by atoms with Crippen LogP contribution in [0, 0.1) is 18.3 Å². The molecule has 1 rings (SSSR count). The Kier molecular flexibility index (Phi) is 2.59. The summed E-state index contributed by atoms with van der Waals surface area (Å²) in [4.78, 5) is 11.1. The third-order valence-corrected chi connectivity index (χ3v) is 1.44. The Morgan fingerprint density at radius 3 is 3.08 bits per heavy atom. The largest absolute Gasteiger partial charge is 0.268 e. The second kappa shape index (κ2) is 3.67. The first kappa shape index (κ1) is 8.47. The molecule has 0 unspecified atom stereocenters. The van der Waals surface area contributed by atoms with Gasteiger partial charge in [0.05, 0.1) is 25.2 Å². The van der Waals surface area contributed by atoms with Gasteiger partial charge in [0.15, 0.2) is 0 Å². The van der Waals surface area contributed by atoms with Crippen LogP contribution in [0.15, 0.2) is 17.1 Å². The fourth-order valence-corrected chi connectivity index (χ4v) is 0.848. The Hall–Kier alpha value is -1.63. The third kappa shape index (κ3) is 1.92. The number of rotatable bonds is 2. The number of nitriles is 1. The molecule has 0 radical (unpaired) electrons. The molecule has 0 saturated carbocycles. The maximum Gasteiger partial charge on any atom is 0.267 e. The van der Waals surface area contributed by atoms with E-state index in [2.05, 4.69) is 5.10 Å². The summed E-state index contributed by atoms with van der Waals surface area (Å²) in [6, 6.07) is 3.46. The van der Waals surface area contributed by atoms with Crippen LogP contribution in [0.25, 0.3) is 0 Å². The average molecular weight is 163 g/mol. The zero-order valence-electron chi connectivity index (χ0n) is 6.82. The van der Waals surface area contributed by atoms with Gasteiger partial charge in [0, 0.05) is 6.07 Å². The molecule has 0 N–H and O–H groups in total. The minimum absolute atomic E-state index is 0.148. The molecule has 1 aromatic heterocycles. The maximum atomic E-state index is 11.1. The van der Waals surface area contributed by atoms with Crippen molar-refractivity contribution >= 4 is 0 Å². The third-order valence-electron chi connectivity index (χ3n) is 1.44. The van der Waals surface area contributed by atoms with Gasteiger partial charge in [-0.1, -0.05) is 0 Å². The van der Waals surface area contributed by atoms with Crippen molar-refractivity contribution in [3.8, 4) is 6.07 Å². The second-order valence-electron chi connectivity index (χ2n) is 2.50. The van der Waals surface area contributed by atoms with Gasteiger partial charge in [-0.3, -0.25) is 4.79 Å². The Labute approximate surface area is 70.1 Å².